The highest BCUT2D eigenvalue weighted by Gasteiger charge is 2.31. The Morgan fingerprint density at radius 1 is 1.07 bits per heavy atom. The number of benzene rings is 2. The van der Waals surface area contributed by atoms with Crippen LogP contribution in [0.1, 0.15) is 30.9 Å². The fourth-order valence-corrected chi connectivity index (χ4v) is 5.05. The number of carbonyl (C=O) groups excluding carboxylic acids is 1. The van der Waals surface area contributed by atoms with Crippen molar-refractivity contribution in [3.8, 4) is 5.75 Å². The number of nitrogens with zero attached hydrogens (tertiary/aromatic N) is 1. The smallest absolute Gasteiger partial charge is 0.223 e. The Hall–Kier alpha value is -2.45. The van der Waals surface area contributed by atoms with E-state index >= 15 is 0 Å². The van der Waals surface area contributed by atoms with E-state index < -0.39 is 15.8 Å². The van der Waals surface area contributed by atoms with Crippen molar-refractivity contribution in [2.24, 2.45) is 5.92 Å². The Morgan fingerprint density at radius 2 is 1.67 bits per heavy atom. The lowest BCUT2D eigenvalue weighted by molar-refractivity contribution is -0.126. The first kappa shape index (κ1) is 22.2. The molecule has 6 nitrogen and oxygen atoms in total. The van der Waals surface area contributed by atoms with Gasteiger partial charge in [0.15, 0.2) is 0 Å². The van der Waals surface area contributed by atoms with Crippen molar-refractivity contribution in [1.82, 2.24) is 9.62 Å². The third kappa shape index (κ3) is 6.03. The first-order chi connectivity index (χ1) is 14.4. The van der Waals surface area contributed by atoms with Gasteiger partial charge in [-0.25, -0.2) is 17.1 Å². The number of hydrogen-bond donors (Lipinski definition) is 1. The molecule has 0 saturated carbocycles. The predicted octanol–water partition coefficient (Wildman–Crippen LogP) is 3.08. The minimum atomic E-state index is -3.50. The van der Waals surface area contributed by atoms with E-state index in [-0.39, 0.29) is 17.6 Å². The fourth-order valence-electron chi connectivity index (χ4n) is 3.48. The SMILES string of the molecule is CCOc1ccc(CNC(=O)C2CCN(S(=O)(=O)Cc3ccc(F)cc3)CC2)cc1. The third-order valence-electron chi connectivity index (χ3n) is 5.18. The lowest BCUT2D eigenvalue weighted by Gasteiger charge is -2.30. The Balaban J connectivity index is 1.47. The van der Waals surface area contributed by atoms with Crippen molar-refractivity contribution in [2.45, 2.75) is 32.1 Å². The number of piperidine rings is 1. The van der Waals surface area contributed by atoms with Crippen LogP contribution in [0.4, 0.5) is 4.39 Å². The van der Waals surface area contributed by atoms with E-state index in [0.717, 1.165) is 11.3 Å². The van der Waals surface area contributed by atoms with E-state index in [1.165, 1.54) is 28.6 Å². The van der Waals surface area contributed by atoms with Gasteiger partial charge < -0.3 is 10.1 Å². The van der Waals surface area contributed by atoms with Gasteiger partial charge in [0.05, 0.1) is 12.4 Å². The van der Waals surface area contributed by atoms with Crippen molar-refractivity contribution in [2.75, 3.05) is 19.7 Å². The van der Waals surface area contributed by atoms with Gasteiger partial charge in [-0.2, -0.15) is 0 Å². The second kappa shape index (κ2) is 10.0. The van der Waals surface area contributed by atoms with Crippen LogP contribution >= 0.6 is 0 Å². The van der Waals surface area contributed by atoms with Crippen LogP contribution in [0.2, 0.25) is 0 Å². The summed E-state index contributed by atoms with van der Waals surface area (Å²) < 4.78 is 45.1. The molecule has 1 aliphatic rings. The molecule has 30 heavy (non-hydrogen) atoms. The van der Waals surface area contributed by atoms with Crippen LogP contribution in [0.3, 0.4) is 0 Å². The molecule has 1 N–H and O–H groups in total. The summed E-state index contributed by atoms with van der Waals surface area (Å²) in [5.41, 5.74) is 1.53. The van der Waals surface area contributed by atoms with Crippen molar-refractivity contribution in [3.05, 3.63) is 65.5 Å². The largest absolute Gasteiger partial charge is 0.494 e. The minimum absolute atomic E-state index is 0.0560. The van der Waals surface area contributed by atoms with Crippen LogP contribution in [-0.4, -0.2) is 38.3 Å². The third-order valence-corrected chi connectivity index (χ3v) is 7.03. The number of nitrogens with one attached hydrogen (secondary N) is 1. The molecular weight excluding hydrogens is 407 g/mol. The van der Waals surface area contributed by atoms with Crippen LogP contribution in [0.25, 0.3) is 0 Å². The van der Waals surface area contributed by atoms with Gasteiger partial charge in [0.25, 0.3) is 0 Å². The second-order valence-corrected chi connectivity index (χ2v) is 9.32. The minimum Gasteiger partial charge on any atom is -0.494 e. The lowest BCUT2D eigenvalue weighted by Crippen LogP contribution is -2.43. The number of halogens is 1. The topological polar surface area (TPSA) is 75.7 Å². The van der Waals surface area contributed by atoms with Gasteiger partial charge in [-0.15, -0.1) is 0 Å². The molecule has 1 fully saturated rings. The van der Waals surface area contributed by atoms with Crippen LogP contribution in [0.15, 0.2) is 48.5 Å². The zero-order chi connectivity index (χ0) is 21.6. The first-order valence-electron chi connectivity index (χ1n) is 10.1. The number of sulfonamides is 1. The molecule has 8 heteroatoms. The van der Waals surface area contributed by atoms with E-state index in [2.05, 4.69) is 5.32 Å². The molecule has 1 aliphatic heterocycles. The summed E-state index contributed by atoms with van der Waals surface area (Å²) in [5.74, 6) is -0.0264. The number of ether oxygens (including phenoxy) is 1. The van der Waals surface area contributed by atoms with E-state index in [0.29, 0.717) is 44.6 Å². The summed E-state index contributed by atoms with van der Waals surface area (Å²) >= 11 is 0. The average Bonchev–Trinajstić information content (AvgIpc) is 2.75. The Bertz CT molecular complexity index is 938. The van der Waals surface area contributed by atoms with E-state index in [1.54, 1.807) is 0 Å². The molecule has 0 spiro atoms. The van der Waals surface area contributed by atoms with E-state index in [4.69, 9.17) is 4.74 Å². The van der Waals surface area contributed by atoms with Gasteiger partial charge >= 0.3 is 0 Å². The molecule has 0 bridgehead atoms. The Morgan fingerprint density at radius 3 is 2.27 bits per heavy atom. The molecular formula is C22H27FN2O4S. The van der Waals surface area contributed by atoms with Gasteiger partial charge in [-0.1, -0.05) is 24.3 Å². The molecule has 1 saturated heterocycles. The molecule has 0 unspecified atom stereocenters. The van der Waals surface area contributed by atoms with Gasteiger partial charge in [0.2, 0.25) is 15.9 Å². The Labute approximate surface area is 177 Å². The number of carbonyl (C=O) groups is 1. The molecule has 2 aromatic carbocycles. The average molecular weight is 435 g/mol. The summed E-state index contributed by atoms with van der Waals surface area (Å²) in [5, 5.41) is 2.94. The summed E-state index contributed by atoms with van der Waals surface area (Å²) in [7, 11) is -3.50. The number of hydrogen-bond acceptors (Lipinski definition) is 4. The van der Waals surface area contributed by atoms with Crippen LogP contribution in [0, 0.1) is 11.7 Å². The van der Waals surface area contributed by atoms with Crippen LogP contribution in [-0.2, 0) is 27.1 Å². The predicted molar refractivity (Wildman–Crippen MR) is 113 cm³/mol. The molecule has 2 aromatic rings. The maximum absolute atomic E-state index is 13.0. The van der Waals surface area contributed by atoms with E-state index in [9.17, 15) is 17.6 Å². The highest BCUT2D eigenvalue weighted by molar-refractivity contribution is 7.88. The number of amides is 1. The highest BCUT2D eigenvalue weighted by Crippen LogP contribution is 2.22. The summed E-state index contributed by atoms with van der Waals surface area (Å²) in [6.45, 7) is 3.57. The maximum Gasteiger partial charge on any atom is 0.223 e. The lowest BCUT2D eigenvalue weighted by atomic mass is 9.97. The standard InChI is InChI=1S/C22H27FN2O4S/c1-2-29-21-9-5-17(6-10-21)15-24-22(26)19-11-13-25(14-12-19)30(27,28)16-18-3-7-20(23)8-4-18/h3-10,19H,2,11-16H2,1H3,(H,24,26). The quantitative estimate of drug-likeness (QED) is 0.693. The van der Waals surface area contributed by atoms with Crippen molar-refractivity contribution < 1.29 is 22.3 Å². The number of rotatable bonds is 8. The van der Waals surface area contributed by atoms with Crippen molar-refractivity contribution >= 4 is 15.9 Å². The molecule has 1 heterocycles. The van der Waals surface area contributed by atoms with Crippen LogP contribution < -0.4 is 10.1 Å². The molecule has 3 rings (SSSR count). The van der Waals surface area contributed by atoms with Gasteiger partial charge in [-0.3, -0.25) is 4.79 Å². The van der Waals surface area contributed by atoms with Gasteiger partial charge in [0.1, 0.15) is 11.6 Å². The molecule has 162 valence electrons. The molecule has 0 aromatic heterocycles. The zero-order valence-electron chi connectivity index (χ0n) is 17.0. The molecule has 1 amide bonds. The normalized spacial score (nSPS) is 15.7. The van der Waals surface area contributed by atoms with E-state index in [1.807, 2.05) is 31.2 Å². The summed E-state index contributed by atoms with van der Waals surface area (Å²) in [6, 6.07) is 13.0. The zero-order valence-corrected chi connectivity index (χ0v) is 17.8. The summed E-state index contributed by atoms with van der Waals surface area (Å²) in [4.78, 5) is 12.5. The van der Waals surface area contributed by atoms with Crippen LogP contribution in [0.5, 0.6) is 5.75 Å². The van der Waals surface area contributed by atoms with Crippen molar-refractivity contribution in [3.63, 3.8) is 0 Å². The van der Waals surface area contributed by atoms with Gasteiger partial charge in [-0.05, 0) is 55.2 Å². The monoisotopic (exact) mass is 434 g/mol. The fraction of sp³-hybridized carbons (Fsp3) is 0.409. The summed E-state index contributed by atoms with van der Waals surface area (Å²) in [6.07, 6.45) is 0.968. The Kier molecular flexibility index (Phi) is 7.44. The highest BCUT2D eigenvalue weighted by atomic mass is 32.2. The molecule has 0 aliphatic carbocycles. The first-order valence-corrected chi connectivity index (χ1v) is 11.7. The molecule has 0 atom stereocenters. The second-order valence-electron chi connectivity index (χ2n) is 7.35. The maximum atomic E-state index is 13.0. The van der Waals surface area contributed by atoms with Gasteiger partial charge in [0, 0.05) is 25.6 Å². The molecule has 0 radical (unpaired) electrons. The van der Waals surface area contributed by atoms with Crippen molar-refractivity contribution in [1.29, 1.82) is 0 Å².